The molecule has 0 saturated heterocycles. The molecule has 108 valence electrons. The Kier molecular flexibility index (Phi) is 4.34. The molecule has 1 aliphatic rings. The van der Waals surface area contributed by atoms with Gasteiger partial charge >= 0.3 is 0 Å². The van der Waals surface area contributed by atoms with Crippen LogP contribution in [0, 0.1) is 10.1 Å². The number of hydrogen-bond donors (Lipinski definition) is 2. The first-order valence-electron chi connectivity index (χ1n) is 6.75. The van der Waals surface area contributed by atoms with Gasteiger partial charge in [0.05, 0.1) is 10.5 Å². The van der Waals surface area contributed by atoms with Gasteiger partial charge in [-0.25, -0.2) is 0 Å². The zero-order valence-corrected chi connectivity index (χ0v) is 11.2. The number of benzene rings is 1. The zero-order chi connectivity index (χ0) is 14.6. The quantitative estimate of drug-likeness (QED) is 0.651. The lowest BCUT2D eigenvalue weighted by Gasteiger charge is -2.32. The van der Waals surface area contributed by atoms with Gasteiger partial charge in [0, 0.05) is 24.2 Å². The van der Waals surface area contributed by atoms with Crippen molar-refractivity contribution < 1.29 is 14.8 Å². The van der Waals surface area contributed by atoms with E-state index < -0.39 is 10.5 Å². The summed E-state index contributed by atoms with van der Waals surface area (Å²) in [5, 5.41) is 23.5. The molecule has 1 aromatic carbocycles. The van der Waals surface area contributed by atoms with Crippen LogP contribution in [0.25, 0.3) is 0 Å². The van der Waals surface area contributed by atoms with Crippen LogP contribution in [0.15, 0.2) is 24.3 Å². The van der Waals surface area contributed by atoms with Gasteiger partial charge in [-0.3, -0.25) is 14.9 Å². The van der Waals surface area contributed by atoms with E-state index in [-0.39, 0.29) is 18.1 Å². The number of nitrogens with one attached hydrogen (secondary N) is 1. The highest BCUT2D eigenvalue weighted by Crippen LogP contribution is 2.27. The van der Waals surface area contributed by atoms with Crippen LogP contribution in [0.4, 0.5) is 5.69 Å². The topological polar surface area (TPSA) is 92.5 Å². The second-order valence-electron chi connectivity index (χ2n) is 5.27. The molecule has 0 heterocycles. The van der Waals surface area contributed by atoms with Gasteiger partial charge < -0.3 is 10.4 Å². The van der Waals surface area contributed by atoms with Crippen LogP contribution >= 0.6 is 0 Å². The third-order valence-electron chi connectivity index (χ3n) is 3.70. The fourth-order valence-corrected chi connectivity index (χ4v) is 2.47. The lowest BCUT2D eigenvalue weighted by atomic mass is 9.85. The summed E-state index contributed by atoms with van der Waals surface area (Å²) in [5.74, 6) is -0.320. The van der Waals surface area contributed by atoms with Crippen molar-refractivity contribution in [3.05, 3.63) is 39.9 Å². The van der Waals surface area contributed by atoms with Crippen LogP contribution in [0.2, 0.25) is 0 Å². The number of hydrogen-bond acceptors (Lipinski definition) is 4. The van der Waals surface area contributed by atoms with Crippen molar-refractivity contribution in [3.8, 4) is 0 Å². The lowest BCUT2D eigenvalue weighted by Crippen LogP contribution is -2.44. The van der Waals surface area contributed by atoms with Crippen molar-refractivity contribution in [3.63, 3.8) is 0 Å². The molecule has 6 heteroatoms. The maximum atomic E-state index is 11.9. The Morgan fingerprint density at radius 3 is 2.40 bits per heavy atom. The summed E-state index contributed by atoms with van der Waals surface area (Å²) < 4.78 is 0. The van der Waals surface area contributed by atoms with Crippen LogP contribution in [0.1, 0.15) is 42.5 Å². The number of non-ortho nitro benzene ring substituents is 1. The Morgan fingerprint density at radius 1 is 1.25 bits per heavy atom. The Morgan fingerprint density at radius 2 is 1.85 bits per heavy atom. The van der Waals surface area contributed by atoms with E-state index in [1.165, 1.54) is 24.3 Å². The van der Waals surface area contributed by atoms with Crippen LogP contribution < -0.4 is 5.32 Å². The second-order valence-corrected chi connectivity index (χ2v) is 5.27. The van der Waals surface area contributed by atoms with Crippen LogP contribution in [0.3, 0.4) is 0 Å². The maximum absolute atomic E-state index is 11.9. The molecule has 1 aliphatic carbocycles. The van der Waals surface area contributed by atoms with Gasteiger partial charge in [0.25, 0.3) is 11.6 Å². The van der Waals surface area contributed by atoms with Crippen molar-refractivity contribution in [2.24, 2.45) is 0 Å². The van der Waals surface area contributed by atoms with Crippen LogP contribution in [0.5, 0.6) is 0 Å². The van der Waals surface area contributed by atoms with Crippen molar-refractivity contribution in [1.82, 2.24) is 5.32 Å². The van der Waals surface area contributed by atoms with E-state index >= 15 is 0 Å². The number of amides is 1. The number of aliphatic hydroxyl groups is 1. The summed E-state index contributed by atoms with van der Waals surface area (Å²) in [6.07, 6.45) is 4.48. The van der Waals surface area contributed by atoms with Gasteiger partial charge in [0.1, 0.15) is 0 Å². The molecule has 0 atom stereocenters. The molecule has 1 fully saturated rings. The molecule has 0 aliphatic heterocycles. The predicted molar refractivity (Wildman–Crippen MR) is 73.5 cm³/mol. The van der Waals surface area contributed by atoms with Crippen LogP contribution in [-0.4, -0.2) is 28.1 Å². The highest BCUT2D eigenvalue weighted by molar-refractivity contribution is 5.94. The number of carbonyl (C=O) groups is 1. The van der Waals surface area contributed by atoms with Gasteiger partial charge in [0.15, 0.2) is 0 Å². The minimum Gasteiger partial charge on any atom is -0.388 e. The smallest absolute Gasteiger partial charge is 0.269 e. The van der Waals surface area contributed by atoms with E-state index in [9.17, 15) is 20.0 Å². The standard InChI is InChI=1S/C14H18N2O4/c17-13(11-4-6-12(7-5-11)16(19)20)15-10-14(18)8-2-1-3-9-14/h4-7,18H,1-3,8-10H2,(H,15,17). The Balaban J connectivity index is 1.92. The molecule has 6 nitrogen and oxygen atoms in total. The van der Waals surface area contributed by atoms with E-state index in [1.54, 1.807) is 0 Å². The molecule has 0 aromatic heterocycles. The number of nitro groups is 1. The number of nitro benzene ring substituents is 1. The first-order chi connectivity index (χ1) is 9.50. The second kappa shape index (κ2) is 6.00. The third-order valence-corrected chi connectivity index (χ3v) is 3.70. The van der Waals surface area contributed by atoms with E-state index in [1.807, 2.05) is 0 Å². The Hall–Kier alpha value is -1.95. The Labute approximate surface area is 117 Å². The molecule has 0 unspecified atom stereocenters. The molecule has 0 radical (unpaired) electrons. The summed E-state index contributed by atoms with van der Waals surface area (Å²) in [6, 6.07) is 5.42. The first kappa shape index (κ1) is 14.5. The molecule has 0 bridgehead atoms. The molecular weight excluding hydrogens is 260 g/mol. The van der Waals surface area contributed by atoms with E-state index in [0.717, 1.165) is 19.3 Å². The SMILES string of the molecule is O=C(NCC1(O)CCCCC1)c1ccc([N+](=O)[O-])cc1. The van der Waals surface area contributed by atoms with Gasteiger partial charge in [-0.15, -0.1) is 0 Å². The normalized spacial score (nSPS) is 17.4. The van der Waals surface area contributed by atoms with Gasteiger partial charge in [0.2, 0.25) is 0 Å². The average Bonchev–Trinajstić information content (AvgIpc) is 2.46. The number of carbonyl (C=O) groups excluding carboxylic acids is 1. The number of rotatable bonds is 4. The third kappa shape index (κ3) is 3.54. The Bertz CT molecular complexity index is 492. The molecule has 2 rings (SSSR count). The molecule has 0 spiro atoms. The van der Waals surface area contributed by atoms with Crippen molar-refractivity contribution in [2.45, 2.75) is 37.7 Å². The van der Waals surface area contributed by atoms with E-state index in [4.69, 9.17) is 0 Å². The van der Waals surface area contributed by atoms with Gasteiger partial charge in [-0.2, -0.15) is 0 Å². The summed E-state index contributed by atoms with van der Waals surface area (Å²) in [5.41, 5.74) is -0.503. The summed E-state index contributed by atoms with van der Waals surface area (Å²) >= 11 is 0. The molecule has 1 saturated carbocycles. The van der Waals surface area contributed by atoms with Crippen molar-refractivity contribution in [2.75, 3.05) is 6.54 Å². The molecule has 1 amide bonds. The fraction of sp³-hybridized carbons (Fsp3) is 0.500. The van der Waals surface area contributed by atoms with E-state index in [2.05, 4.69) is 5.32 Å². The fourth-order valence-electron chi connectivity index (χ4n) is 2.47. The van der Waals surface area contributed by atoms with Crippen LogP contribution in [-0.2, 0) is 0 Å². The molecule has 20 heavy (non-hydrogen) atoms. The summed E-state index contributed by atoms with van der Waals surface area (Å²) in [4.78, 5) is 21.9. The lowest BCUT2D eigenvalue weighted by molar-refractivity contribution is -0.384. The van der Waals surface area contributed by atoms with Crippen molar-refractivity contribution in [1.29, 1.82) is 0 Å². The predicted octanol–water partition coefficient (Wildman–Crippen LogP) is 2.02. The van der Waals surface area contributed by atoms with E-state index in [0.29, 0.717) is 18.4 Å². The average molecular weight is 278 g/mol. The molecule has 2 N–H and O–H groups in total. The molecular formula is C14H18N2O4. The minimum atomic E-state index is -0.811. The minimum absolute atomic E-state index is 0.0486. The summed E-state index contributed by atoms with van der Waals surface area (Å²) in [7, 11) is 0. The summed E-state index contributed by atoms with van der Waals surface area (Å²) in [6.45, 7) is 0.225. The molecule has 1 aromatic rings. The number of nitrogens with zero attached hydrogens (tertiary/aromatic N) is 1. The first-order valence-corrected chi connectivity index (χ1v) is 6.75. The zero-order valence-electron chi connectivity index (χ0n) is 11.2. The van der Waals surface area contributed by atoms with Gasteiger partial charge in [-0.1, -0.05) is 19.3 Å². The highest BCUT2D eigenvalue weighted by Gasteiger charge is 2.29. The monoisotopic (exact) mass is 278 g/mol. The van der Waals surface area contributed by atoms with Gasteiger partial charge in [-0.05, 0) is 25.0 Å². The van der Waals surface area contributed by atoms with Crippen molar-refractivity contribution >= 4 is 11.6 Å². The maximum Gasteiger partial charge on any atom is 0.269 e. The largest absolute Gasteiger partial charge is 0.388 e. The highest BCUT2D eigenvalue weighted by atomic mass is 16.6.